The van der Waals surface area contributed by atoms with Gasteiger partial charge < -0.3 is 11.5 Å². The maximum absolute atomic E-state index is 5.64. The van der Waals surface area contributed by atoms with Crippen LogP contribution in [-0.4, -0.2) is 16.5 Å². The fourth-order valence-corrected chi connectivity index (χ4v) is 1.07. The molecule has 0 fully saturated rings. The van der Waals surface area contributed by atoms with Gasteiger partial charge in [-0.15, -0.1) is 0 Å². The highest BCUT2D eigenvalue weighted by molar-refractivity contribution is 5.30. The first-order valence-electron chi connectivity index (χ1n) is 4.47. The summed E-state index contributed by atoms with van der Waals surface area (Å²) < 4.78 is 0. The number of rotatable bonds is 3. The number of nitrogens with zero attached hydrogens (tertiary/aromatic N) is 2. The van der Waals surface area contributed by atoms with Crippen LogP contribution in [0.1, 0.15) is 31.3 Å². The highest BCUT2D eigenvalue weighted by atomic mass is 14.9. The molecule has 0 aliphatic heterocycles. The molecule has 13 heavy (non-hydrogen) atoms. The minimum absolute atomic E-state index is 0.306. The van der Waals surface area contributed by atoms with Gasteiger partial charge in [0.15, 0.2) is 0 Å². The molecule has 1 rings (SSSR count). The van der Waals surface area contributed by atoms with E-state index in [0.717, 1.165) is 17.9 Å². The fourth-order valence-electron chi connectivity index (χ4n) is 1.07. The zero-order valence-electron chi connectivity index (χ0n) is 8.12. The van der Waals surface area contributed by atoms with Crippen LogP contribution in [0.3, 0.4) is 0 Å². The first-order valence-corrected chi connectivity index (χ1v) is 4.47. The van der Waals surface area contributed by atoms with Crippen LogP contribution in [0.5, 0.6) is 0 Å². The lowest BCUT2D eigenvalue weighted by atomic mass is 10.2. The summed E-state index contributed by atoms with van der Waals surface area (Å²) in [4.78, 5) is 8.49. The molecule has 0 amide bonds. The molecule has 0 unspecified atom stereocenters. The summed E-state index contributed by atoms with van der Waals surface area (Å²) in [5.41, 5.74) is 12.0. The second kappa shape index (κ2) is 4.18. The lowest BCUT2D eigenvalue weighted by Gasteiger charge is -2.06. The molecule has 0 aliphatic rings. The molecule has 1 heterocycles. The highest BCUT2D eigenvalue weighted by Gasteiger charge is 2.05. The summed E-state index contributed by atoms with van der Waals surface area (Å²) >= 11 is 0. The zero-order chi connectivity index (χ0) is 9.84. The molecule has 72 valence electrons. The SMILES string of the molecule is CC(C)c1nc(N)cc(CCN)n1. The van der Waals surface area contributed by atoms with Gasteiger partial charge in [-0.2, -0.15) is 0 Å². The molecule has 1 aromatic heterocycles. The normalized spacial score (nSPS) is 10.8. The summed E-state index contributed by atoms with van der Waals surface area (Å²) in [7, 11) is 0. The van der Waals surface area contributed by atoms with Crippen molar-refractivity contribution in [2.75, 3.05) is 12.3 Å². The van der Waals surface area contributed by atoms with Crippen molar-refractivity contribution in [3.63, 3.8) is 0 Å². The van der Waals surface area contributed by atoms with Gasteiger partial charge in [-0.3, -0.25) is 0 Å². The Hall–Kier alpha value is -1.16. The topological polar surface area (TPSA) is 77.8 Å². The summed E-state index contributed by atoms with van der Waals surface area (Å²) in [5, 5.41) is 0. The number of nitrogen functional groups attached to an aromatic ring is 1. The summed E-state index contributed by atoms with van der Waals surface area (Å²) in [6, 6.07) is 1.78. The van der Waals surface area contributed by atoms with Crippen molar-refractivity contribution in [3.05, 3.63) is 17.6 Å². The van der Waals surface area contributed by atoms with Crippen LogP contribution in [-0.2, 0) is 6.42 Å². The van der Waals surface area contributed by atoms with Crippen molar-refractivity contribution in [1.82, 2.24) is 9.97 Å². The third-order valence-electron chi connectivity index (χ3n) is 1.73. The van der Waals surface area contributed by atoms with Gasteiger partial charge in [-0.1, -0.05) is 13.8 Å². The standard InChI is InChI=1S/C9H16N4/c1-6(2)9-12-7(3-4-10)5-8(11)13-9/h5-6H,3-4,10H2,1-2H3,(H2,11,12,13). The Balaban J connectivity index is 2.96. The Kier molecular flexibility index (Phi) is 3.19. The third kappa shape index (κ3) is 2.66. The van der Waals surface area contributed by atoms with Crippen LogP contribution in [0.2, 0.25) is 0 Å². The smallest absolute Gasteiger partial charge is 0.133 e. The van der Waals surface area contributed by atoms with E-state index in [0.29, 0.717) is 18.3 Å². The van der Waals surface area contributed by atoms with E-state index in [4.69, 9.17) is 11.5 Å². The molecule has 0 saturated heterocycles. The average Bonchev–Trinajstić information content (AvgIpc) is 2.03. The van der Waals surface area contributed by atoms with Crippen molar-refractivity contribution in [2.45, 2.75) is 26.2 Å². The van der Waals surface area contributed by atoms with Gasteiger partial charge in [-0.05, 0) is 6.54 Å². The van der Waals surface area contributed by atoms with E-state index in [1.54, 1.807) is 6.07 Å². The second-order valence-corrected chi connectivity index (χ2v) is 3.34. The Morgan fingerprint density at radius 3 is 2.62 bits per heavy atom. The van der Waals surface area contributed by atoms with Crippen molar-refractivity contribution in [3.8, 4) is 0 Å². The van der Waals surface area contributed by atoms with E-state index in [1.165, 1.54) is 0 Å². The summed E-state index contributed by atoms with van der Waals surface area (Å²) in [6.45, 7) is 4.68. The minimum Gasteiger partial charge on any atom is -0.384 e. The van der Waals surface area contributed by atoms with Crippen molar-refractivity contribution in [2.24, 2.45) is 5.73 Å². The Morgan fingerprint density at radius 1 is 1.38 bits per heavy atom. The quantitative estimate of drug-likeness (QED) is 0.717. The molecule has 0 aliphatic carbocycles. The van der Waals surface area contributed by atoms with Gasteiger partial charge in [0.25, 0.3) is 0 Å². The van der Waals surface area contributed by atoms with Gasteiger partial charge in [0, 0.05) is 24.1 Å². The van der Waals surface area contributed by atoms with Crippen molar-refractivity contribution < 1.29 is 0 Å². The minimum atomic E-state index is 0.306. The molecule has 0 saturated carbocycles. The molecule has 0 radical (unpaired) electrons. The predicted molar refractivity (Wildman–Crippen MR) is 53.3 cm³/mol. The summed E-state index contributed by atoms with van der Waals surface area (Å²) in [6.07, 6.45) is 0.756. The van der Waals surface area contributed by atoms with Crippen LogP contribution in [0.15, 0.2) is 6.07 Å². The lowest BCUT2D eigenvalue weighted by molar-refractivity contribution is 0.756. The van der Waals surface area contributed by atoms with E-state index in [9.17, 15) is 0 Å². The van der Waals surface area contributed by atoms with E-state index < -0.39 is 0 Å². The molecular formula is C9H16N4. The van der Waals surface area contributed by atoms with E-state index >= 15 is 0 Å². The number of aromatic nitrogens is 2. The average molecular weight is 180 g/mol. The first-order chi connectivity index (χ1) is 6.13. The van der Waals surface area contributed by atoms with E-state index in [2.05, 4.69) is 9.97 Å². The van der Waals surface area contributed by atoms with Crippen LogP contribution in [0, 0.1) is 0 Å². The highest BCUT2D eigenvalue weighted by Crippen LogP contribution is 2.11. The summed E-state index contributed by atoms with van der Waals surface area (Å²) in [5.74, 6) is 1.63. The largest absolute Gasteiger partial charge is 0.384 e. The first kappa shape index (κ1) is 9.92. The van der Waals surface area contributed by atoms with Gasteiger partial charge >= 0.3 is 0 Å². The van der Waals surface area contributed by atoms with Crippen LogP contribution >= 0.6 is 0 Å². The Morgan fingerprint density at radius 2 is 2.08 bits per heavy atom. The maximum atomic E-state index is 5.64. The molecule has 4 heteroatoms. The third-order valence-corrected chi connectivity index (χ3v) is 1.73. The molecule has 4 nitrogen and oxygen atoms in total. The maximum Gasteiger partial charge on any atom is 0.133 e. The van der Waals surface area contributed by atoms with Crippen molar-refractivity contribution in [1.29, 1.82) is 0 Å². The van der Waals surface area contributed by atoms with Crippen LogP contribution in [0.25, 0.3) is 0 Å². The van der Waals surface area contributed by atoms with Gasteiger partial charge in [-0.25, -0.2) is 9.97 Å². The molecule has 0 atom stereocenters. The number of nitrogens with two attached hydrogens (primary N) is 2. The van der Waals surface area contributed by atoms with Crippen LogP contribution in [0.4, 0.5) is 5.82 Å². The predicted octanol–water partition coefficient (Wildman–Crippen LogP) is 0.683. The van der Waals surface area contributed by atoms with E-state index in [1.807, 2.05) is 13.8 Å². The monoisotopic (exact) mass is 180 g/mol. The van der Waals surface area contributed by atoms with Crippen LogP contribution < -0.4 is 11.5 Å². The fraction of sp³-hybridized carbons (Fsp3) is 0.556. The second-order valence-electron chi connectivity index (χ2n) is 3.34. The molecule has 0 bridgehead atoms. The molecule has 4 N–H and O–H groups in total. The van der Waals surface area contributed by atoms with Crippen molar-refractivity contribution >= 4 is 5.82 Å². The lowest BCUT2D eigenvalue weighted by Crippen LogP contribution is -2.09. The molecular weight excluding hydrogens is 164 g/mol. The number of anilines is 1. The van der Waals surface area contributed by atoms with Gasteiger partial charge in [0.05, 0.1) is 0 Å². The zero-order valence-corrected chi connectivity index (χ0v) is 8.12. The Labute approximate surface area is 78.4 Å². The van der Waals surface area contributed by atoms with Gasteiger partial charge in [0.1, 0.15) is 11.6 Å². The molecule has 1 aromatic rings. The number of hydrogen-bond acceptors (Lipinski definition) is 4. The van der Waals surface area contributed by atoms with Gasteiger partial charge in [0.2, 0.25) is 0 Å². The number of hydrogen-bond donors (Lipinski definition) is 2. The molecule has 0 aromatic carbocycles. The van der Waals surface area contributed by atoms with E-state index in [-0.39, 0.29) is 0 Å². The molecule has 0 spiro atoms. The Bertz CT molecular complexity index is 283.